The standard InChI is InChI=1S/C39H43N5O4S/c1-25-21-26(2)42-38(32(25)22-40)49-24-34-27(3)41-23-31(48-34)20-19-28-13-11-12-18-33(28)43-37(45)36(44-39(46)47-4)35(29-14-7-5-8-15-29)30-16-9-6-10-17-30/h5-18,21,27,31,34-36,41H,19-20,23-24H2,1-4H3,(H,43,45)(H,44,46)/t27-,31-,34-,36+/m1/s1. The number of ether oxygens (including phenoxy) is 2. The highest BCUT2D eigenvalue weighted by atomic mass is 32.2. The number of nitrogens with one attached hydrogen (secondary N) is 3. The van der Waals surface area contributed by atoms with E-state index >= 15 is 0 Å². The van der Waals surface area contributed by atoms with Gasteiger partial charge in [0.2, 0.25) is 5.91 Å². The summed E-state index contributed by atoms with van der Waals surface area (Å²) >= 11 is 1.56. The van der Waals surface area contributed by atoms with Crippen molar-refractivity contribution in [3.8, 4) is 6.07 Å². The van der Waals surface area contributed by atoms with Crippen molar-refractivity contribution < 1.29 is 19.1 Å². The van der Waals surface area contributed by atoms with Crippen molar-refractivity contribution in [3.63, 3.8) is 0 Å². The predicted octanol–water partition coefficient (Wildman–Crippen LogP) is 6.54. The summed E-state index contributed by atoms with van der Waals surface area (Å²) in [6.07, 6.45) is 0.615. The number of hydrogen-bond donors (Lipinski definition) is 3. The Kier molecular flexibility index (Phi) is 12.4. The molecule has 9 nitrogen and oxygen atoms in total. The summed E-state index contributed by atoms with van der Waals surface area (Å²) in [4.78, 5) is 31.3. The van der Waals surface area contributed by atoms with Gasteiger partial charge in [-0.25, -0.2) is 9.78 Å². The number of aromatic nitrogens is 1. The first-order valence-electron chi connectivity index (χ1n) is 16.5. The van der Waals surface area contributed by atoms with E-state index in [-0.39, 0.29) is 24.2 Å². The molecule has 1 aliphatic heterocycles. The van der Waals surface area contributed by atoms with Crippen LogP contribution in [0.15, 0.2) is 96.0 Å². The number of carbonyl (C=O) groups is 2. The van der Waals surface area contributed by atoms with Crippen LogP contribution in [0.2, 0.25) is 0 Å². The van der Waals surface area contributed by atoms with Crippen LogP contribution >= 0.6 is 11.8 Å². The van der Waals surface area contributed by atoms with Crippen molar-refractivity contribution in [1.82, 2.24) is 15.6 Å². The molecule has 1 aromatic heterocycles. The Labute approximate surface area is 292 Å². The molecule has 1 fully saturated rings. The first-order chi connectivity index (χ1) is 23.8. The third-order valence-corrected chi connectivity index (χ3v) is 9.87. The Bertz CT molecular complexity index is 1730. The third kappa shape index (κ3) is 9.27. The SMILES string of the molecule is COC(=O)N[C@H](C(=O)Nc1ccccc1CC[C@@H]1CN[C@H](C)[C@@H](CSc2nc(C)cc(C)c2C#N)O1)C(c1ccccc1)c1ccccc1. The lowest BCUT2D eigenvalue weighted by atomic mass is 9.84. The van der Waals surface area contributed by atoms with E-state index in [1.807, 2.05) is 105 Å². The van der Waals surface area contributed by atoms with Gasteiger partial charge in [-0.3, -0.25) is 4.79 Å². The molecule has 2 heterocycles. The summed E-state index contributed by atoms with van der Waals surface area (Å²) in [7, 11) is 1.29. The van der Waals surface area contributed by atoms with E-state index in [0.717, 1.165) is 39.4 Å². The number of nitriles is 1. The van der Waals surface area contributed by atoms with Crippen LogP contribution in [0.3, 0.4) is 0 Å². The Hall–Kier alpha value is -4.69. The molecule has 0 bridgehead atoms. The summed E-state index contributed by atoms with van der Waals surface area (Å²) in [6, 6.07) is 30.5. The number of methoxy groups -OCH3 is 1. The van der Waals surface area contributed by atoms with Crippen LogP contribution in [0.25, 0.3) is 0 Å². The summed E-state index contributed by atoms with van der Waals surface area (Å²) < 4.78 is 11.5. The average molecular weight is 678 g/mol. The number of rotatable bonds is 12. The Morgan fingerprint density at radius 3 is 2.35 bits per heavy atom. The molecule has 4 atom stereocenters. The van der Waals surface area contributed by atoms with Gasteiger partial charge in [0.1, 0.15) is 17.1 Å². The number of aryl methyl sites for hydroxylation is 3. The van der Waals surface area contributed by atoms with Crippen molar-refractivity contribution in [2.75, 3.05) is 24.7 Å². The van der Waals surface area contributed by atoms with Gasteiger partial charge < -0.3 is 25.4 Å². The fourth-order valence-electron chi connectivity index (χ4n) is 6.19. The molecule has 1 aliphatic rings. The van der Waals surface area contributed by atoms with Crippen LogP contribution in [-0.2, 0) is 20.7 Å². The number of alkyl carbamates (subject to hydrolysis) is 1. The quantitative estimate of drug-likeness (QED) is 0.145. The Balaban J connectivity index is 1.29. The third-order valence-electron chi connectivity index (χ3n) is 8.80. The molecule has 10 heteroatoms. The van der Waals surface area contributed by atoms with E-state index in [0.29, 0.717) is 30.0 Å². The molecule has 3 aromatic carbocycles. The second kappa shape index (κ2) is 17.1. The predicted molar refractivity (Wildman–Crippen MR) is 193 cm³/mol. The first kappa shape index (κ1) is 35.6. The van der Waals surface area contributed by atoms with E-state index in [1.165, 1.54) is 7.11 Å². The van der Waals surface area contributed by atoms with E-state index in [9.17, 15) is 14.9 Å². The van der Waals surface area contributed by atoms with Gasteiger partial charge >= 0.3 is 6.09 Å². The van der Waals surface area contributed by atoms with Crippen LogP contribution in [0.5, 0.6) is 0 Å². The summed E-state index contributed by atoms with van der Waals surface area (Å²) in [5.41, 5.74) is 5.86. The van der Waals surface area contributed by atoms with Crippen molar-refractivity contribution in [1.29, 1.82) is 5.26 Å². The smallest absolute Gasteiger partial charge is 0.407 e. The molecule has 3 N–H and O–H groups in total. The highest BCUT2D eigenvalue weighted by molar-refractivity contribution is 7.99. The number of morpholine rings is 1. The van der Waals surface area contributed by atoms with Gasteiger partial charge in [0.05, 0.1) is 24.9 Å². The number of pyridine rings is 1. The van der Waals surface area contributed by atoms with Gasteiger partial charge in [-0.1, -0.05) is 78.9 Å². The minimum Gasteiger partial charge on any atom is -0.453 e. The molecular formula is C39H43N5O4S. The van der Waals surface area contributed by atoms with Gasteiger partial charge in [-0.05, 0) is 68.0 Å². The van der Waals surface area contributed by atoms with E-state index in [4.69, 9.17) is 9.47 Å². The molecule has 0 unspecified atom stereocenters. The summed E-state index contributed by atoms with van der Waals surface area (Å²) in [5.74, 6) is -0.149. The summed E-state index contributed by atoms with van der Waals surface area (Å²) in [5, 5.41) is 19.9. The zero-order chi connectivity index (χ0) is 34.8. The maximum absolute atomic E-state index is 14.1. The van der Waals surface area contributed by atoms with Gasteiger partial charge in [-0.15, -0.1) is 11.8 Å². The lowest BCUT2D eigenvalue weighted by Gasteiger charge is -2.36. The van der Waals surface area contributed by atoms with Gasteiger partial charge in [-0.2, -0.15) is 5.26 Å². The molecule has 49 heavy (non-hydrogen) atoms. The zero-order valence-corrected chi connectivity index (χ0v) is 29.1. The summed E-state index contributed by atoms with van der Waals surface area (Å²) in [6.45, 7) is 6.71. The van der Waals surface area contributed by atoms with E-state index in [1.54, 1.807) is 11.8 Å². The second-order valence-electron chi connectivity index (χ2n) is 12.3. The largest absolute Gasteiger partial charge is 0.453 e. The molecule has 0 spiro atoms. The molecule has 0 saturated carbocycles. The van der Waals surface area contributed by atoms with Crippen LogP contribution < -0.4 is 16.0 Å². The van der Waals surface area contributed by atoms with Crippen molar-refractivity contribution in [2.45, 2.75) is 68.8 Å². The monoisotopic (exact) mass is 677 g/mol. The number of para-hydroxylation sites is 1. The van der Waals surface area contributed by atoms with E-state index in [2.05, 4.69) is 33.9 Å². The molecule has 5 rings (SSSR count). The van der Waals surface area contributed by atoms with Crippen molar-refractivity contribution in [2.24, 2.45) is 0 Å². The number of amides is 2. The van der Waals surface area contributed by atoms with E-state index < -0.39 is 18.1 Å². The fourth-order valence-corrected chi connectivity index (χ4v) is 7.44. The van der Waals surface area contributed by atoms with Crippen molar-refractivity contribution >= 4 is 29.4 Å². The fraction of sp³-hybridized carbons (Fsp3) is 0.333. The number of anilines is 1. The maximum Gasteiger partial charge on any atom is 0.407 e. The lowest BCUT2D eigenvalue weighted by molar-refractivity contribution is -0.118. The zero-order valence-electron chi connectivity index (χ0n) is 28.3. The highest BCUT2D eigenvalue weighted by Gasteiger charge is 2.33. The van der Waals surface area contributed by atoms with Crippen molar-refractivity contribution in [3.05, 3.63) is 125 Å². The molecule has 4 aromatic rings. The first-order valence-corrected chi connectivity index (χ1v) is 17.5. The van der Waals surface area contributed by atoms with Gasteiger partial charge in [0.15, 0.2) is 0 Å². The number of carbonyl (C=O) groups excluding carboxylic acids is 2. The molecule has 0 aliphatic carbocycles. The maximum atomic E-state index is 14.1. The number of thioether (sulfide) groups is 1. The Morgan fingerprint density at radius 2 is 1.69 bits per heavy atom. The average Bonchev–Trinajstić information content (AvgIpc) is 3.11. The minimum absolute atomic E-state index is 0.0394. The van der Waals surface area contributed by atoms with Gasteiger partial charge in [0, 0.05) is 35.6 Å². The van der Waals surface area contributed by atoms with Crippen LogP contribution in [0.1, 0.15) is 52.8 Å². The lowest BCUT2D eigenvalue weighted by Crippen LogP contribution is -2.52. The molecular weight excluding hydrogens is 635 g/mol. The molecule has 2 amide bonds. The normalized spacial score (nSPS) is 17.9. The van der Waals surface area contributed by atoms with Crippen LogP contribution in [0, 0.1) is 25.2 Å². The molecule has 254 valence electrons. The topological polar surface area (TPSA) is 125 Å². The van der Waals surface area contributed by atoms with Crippen LogP contribution in [0.4, 0.5) is 10.5 Å². The number of benzene rings is 3. The molecule has 0 radical (unpaired) electrons. The second-order valence-corrected chi connectivity index (χ2v) is 13.3. The molecule has 1 saturated heterocycles. The van der Waals surface area contributed by atoms with Crippen LogP contribution in [-0.4, -0.2) is 60.7 Å². The highest BCUT2D eigenvalue weighted by Crippen LogP contribution is 2.31. The number of hydrogen-bond acceptors (Lipinski definition) is 8. The minimum atomic E-state index is -0.954. The number of nitrogens with zero attached hydrogens (tertiary/aromatic N) is 2. The van der Waals surface area contributed by atoms with Gasteiger partial charge in [0.25, 0.3) is 0 Å². The Morgan fingerprint density at radius 1 is 1.04 bits per heavy atom.